The average Bonchev–Trinajstić information content (AvgIpc) is 3.85. The van der Waals surface area contributed by atoms with Gasteiger partial charge in [-0.15, -0.1) is 0 Å². The van der Waals surface area contributed by atoms with Crippen molar-refractivity contribution in [3.63, 3.8) is 0 Å². The van der Waals surface area contributed by atoms with E-state index in [1.54, 1.807) is 0 Å². The minimum absolute atomic E-state index is 0.00933. The lowest BCUT2D eigenvalue weighted by Crippen LogP contribution is -2.61. The van der Waals surface area contributed by atoms with Crippen molar-refractivity contribution in [2.45, 2.75) is 132 Å². The summed E-state index contributed by atoms with van der Waals surface area (Å²) in [6, 6.07) is 51.8. The molecule has 0 unspecified atom stereocenters. The van der Waals surface area contributed by atoms with Crippen LogP contribution in [0.1, 0.15) is 128 Å². The SMILES string of the molecule is Cc1cc(C(C)(C)C)cc(C)c1N1c2cc3c(cc2B2c4cc(C(C)(C)C)ccc4N(c4ccc5c(c4)oc4ccccc45)c4cc(C(C)(C)C)cc1c42)c1cc(C(C)(C)C)ccc1n3-c1c(C)cccc1C. The summed E-state index contributed by atoms with van der Waals surface area (Å²) in [4.78, 5) is 5.24. The Kier molecular flexibility index (Phi) is 10.2. The zero-order chi connectivity index (χ0) is 51.6. The molecule has 0 bridgehead atoms. The van der Waals surface area contributed by atoms with E-state index in [0.29, 0.717) is 0 Å². The summed E-state index contributed by atoms with van der Waals surface area (Å²) in [7, 11) is 0. The van der Waals surface area contributed by atoms with Crippen LogP contribution < -0.4 is 26.2 Å². The van der Waals surface area contributed by atoms with Gasteiger partial charge in [0.15, 0.2) is 0 Å². The summed E-state index contributed by atoms with van der Waals surface area (Å²) in [6.07, 6.45) is 0. The van der Waals surface area contributed by atoms with E-state index in [9.17, 15) is 0 Å². The Labute approximate surface area is 433 Å². The average molecular weight is 956 g/mol. The van der Waals surface area contributed by atoms with E-state index in [2.05, 4.69) is 259 Å². The van der Waals surface area contributed by atoms with E-state index in [1.165, 1.54) is 117 Å². The van der Waals surface area contributed by atoms with Gasteiger partial charge in [0.1, 0.15) is 11.2 Å². The zero-order valence-electron chi connectivity index (χ0n) is 46.0. The molecule has 4 heterocycles. The van der Waals surface area contributed by atoms with Crippen LogP contribution in [0.5, 0.6) is 0 Å². The van der Waals surface area contributed by atoms with Gasteiger partial charge in [0.25, 0.3) is 6.71 Å². The van der Waals surface area contributed by atoms with Gasteiger partial charge in [-0.25, -0.2) is 0 Å². The third kappa shape index (κ3) is 7.23. The number of nitrogens with zero attached hydrogens (tertiary/aromatic N) is 3. The molecular weight excluding hydrogens is 886 g/mol. The standard InChI is InChI=1S/C68H70BN3O/c1-39-20-19-21-40(2)63(39)71-54-28-24-43(65(5,6)7)32-50(54)51-37-53-57(38-56(51)71)72(64-41(3)30-45(31-42(64)4)67(11,12)13)59-35-46(68(14,15)16)34-58-62(59)69(53)52-33-44(66(8,9)10)25-29-55(52)70(58)47-26-27-49-48-22-17-18-23-60(48)73-61(49)36-47/h17-38H,1-16H3. The largest absolute Gasteiger partial charge is 0.456 e. The number of rotatable bonds is 3. The Morgan fingerprint density at radius 3 is 1.59 bits per heavy atom. The first kappa shape index (κ1) is 47.1. The van der Waals surface area contributed by atoms with Crippen molar-refractivity contribution in [3.05, 3.63) is 178 Å². The molecule has 0 saturated heterocycles. The van der Waals surface area contributed by atoms with Gasteiger partial charge in [-0.2, -0.15) is 0 Å². The number of anilines is 6. The summed E-state index contributed by atoms with van der Waals surface area (Å²) < 4.78 is 9.26. The van der Waals surface area contributed by atoms with Crippen LogP contribution in [0.3, 0.4) is 0 Å². The first-order chi connectivity index (χ1) is 34.4. The highest BCUT2D eigenvalue weighted by Crippen LogP contribution is 2.50. The van der Waals surface area contributed by atoms with E-state index < -0.39 is 0 Å². The van der Waals surface area contributed by atoms with Gasteiger partial charge >= 0.3 is 0 Å². The number of fused-ring (bicyclic) bond motifs is 10. The molecule has 73 heavy (non-hydrogen) atoms. The fourth-order valence-electron chi connectivity index (χ4n) is 12.4. The Morgan fingerprint density at radius 2 is 0.932 bits per heavy atom. The number of aromatic nitrogens is 1. The molecule has 2 aromatic heterocycles. The van der Waals surface area contributed by atoms with Crippen molar-refractivity contribution >= 4 is 101 Å². The molecule has 366 valence electrons. The highest BCUT2D eigenvalue weighted by Gasteiger charge is 2.46. The first-order valence-electron chi connectivity index (χ1n) is 26.5. The molecule has 4 nitrogen and oxygen atoms in total. The van der Waals surface area contributed by atoms with Crippen LogP contribution >= 0.6 is 0 Å². The molecule has 0 aliphatic carbocycles. The van der Waals surface area contributed by atoms with Crippen molar-refractivity contribution in [1.82, 2.24) is 4.57 Å². The maximum atomic E-state index is 6.68. The van der Waals surface area contributed by atoms with E-state index in [0.717, 1.165) is 27.6 Å². The molecule has 0 amide bonds. The normalized spacial score (nSPS) is 13.9. The number of hydrogen-bond acceptors (Lipinski definition) is 3. The highest BCUT2D eigenvalue weighted by molar-refractivity contribution is 7.00. The molecule has 2 aliphatic rings. The molecule has 2 aliphatic heterocycles. The van der Waals surface area contributed by atoms with Gasteiger partial charge in [-0.1, -0.05) is 156 Å². The number of hydrogen-bond donors (Lipinski definition) is 0. The van der Waals surface area contributed by atoms with E-state index in [1.807, 2.05) is 0 Å². The maximum Gasteiger partial charge on any atom is 0.252 e. The molecule has 5 heteroatoms. The van der Waals surface area contributed by atoms with Crippen molar-refractivity contribution in [3.8, 4) is 5.69 Å². The second kappa shape index (κ2) is 15.8. The van der Waals surface area contributed by atoms with Crippen LogP contribution in [-0.4, -0.2) is 11.3 Å². The molecule has 0 fully saturated rings. The lowest BCUT2D eigenvalue weighted by Gasteiger charge is -2.46. The molecule has 8 aromatic carbocycles. The maximum absolute atomic E-state index is 6.68. The van der Waals surface area contributed by atoms with Gasteiger partial charge in [0.05, 0.1) is 22.4 Å². The summed E-state index contributed by atoms with van der Waals surface area (Å²) in [5.74, 6) is 0. The minimum atomic E-state index is -0.165. The van der Waals surface area contributed by atoms with Gasteiger partial charge in [0, 0.05) is 56.0 Å². The van der Waals surface area contributed by atoms with Crippen molar-refractivity contribution in [1.29, 1.82) is 0 Å². The van der Waals surface area contributed by atoms with E-state index in [-0.39, 0.29) is 28.4 Å². The highest BCUT2D eigenvalue weighted by atomic mass is 16.3. The zero-order valence-corrected chi connectivity index (χ0v) is 46.0. The van der Waals surface area contributed by atoms with Crippen LogP contribution in [0.4, 0.5) is 34.1 Å². The number of furan rings is 1. The number of benzene rings is 8. The van der Waals surface area contributed by atoms with Crippen LogP contribution in [0, 0.1) is 27.7 Å². The Hall–Kier alpha value is -6.98. The number of aryl methyl sites for hydroxylation is 4. The van der Waals surface area contributed by atoms with E-state index >= 15 is 0 Å². The summed E-state index contributed by atoms with van der Waals surface area (Å²) in [6.45, 7) is 37.3. The van der Waals surface area contributed by atoms with Crippen LogP contribution in [0.15, 0.2) is 138 Å². The topological polar surface area (TPSA) is 24.6 Å². The molecule has 0 radical (unpaired) electrons. The molecule has 0 spiro atoms. The predicted molar refractivity (Wildman–Crippen MR) is 316 cm³/mol. The fourth-order valence-corrected chi connectivity index (χ4v) is 12.4. The van der Waals surface area contributed by atoms with E-state index in [4.69, 9.17) is 4.42 Å². The molecule has 0 atom stereocenters. The minimum Gasteiger partial charge on any atom is -0.456 e. The molecule has 12 rings (SSSR count). The third-order valence-corrected chi connectivity index (χ3v) is 16.4. The van der Waals surface area contributed by atoms with Crippen LogP contribution in [-0.2, 0) is 21.7 Å². The molecule has 0 saturated carbocycles. The first-order valence-corrected chi connectivity index (χ1v) is 26.5. The van der Waals surface area contributed by atoms with Crippen molar-refractivity contribution in [2.75, 3.05) is 9.80 Å². The lowest BCUT2D eigenvalue weighted by atomic mass is 9.33. The van der Waals surface area contributed by atoms with Gasteiger partial charge in [0.2, 0.25) is 0 Å². The fraction of sp³-hybridized carbons (Fsp3) is 0.294. The Bertz CT molecular complexity index is 3920. The summed E-state index contributed by atoms with van der Waals surface area (Å²) in [5, 5.41) is 4.84. The second-order valence-electron chi connectivity index (χ2n) is 25.8. The molecule has 10 aromatic rings. The summed E-state index contributed by atoms with van der Waals surface area (Å²) >= 11 is 0. The van der Waals surface area contributed by atoms with Crippen molar-refractivity contribution in [2.24, 2.45) is 0 Å². The summed E-state index contributed by atoms with van der Waals surface area (Å²) in [5.41, 5.74) is 26.8. The lowest BCUT2D eigenvalue weighted by molar-refractivity contribution is 0.589. The van der Waals surface area contributed by atoms with Crippen molar-refractivity contribution < 1.29 is 4.42 Å². The molecule has 0 N–H and O–H groups in total. The number of para-hydroxylation sites is 2. The van der Waals surface area contributed by atoms with Crippen LogP contribution in [0.25, 0.3) is 49.4 Å². The van der Waals surface area contributed by atoms with Gasteiger partial charge in [-0.3, -0.25) is 0 Å². The monoisotopic (exact) mass is 956 g/mol. The van der Waals surface area contributed by atoms with Gasteiger partial charge < -0.3 is 18.8 Å². The van der Waals surface area contributed by atoms with Gasteiger partial charge in [-0.05, 0) is 165 Å². The quantitative estimate of drug-likeness (QED) is 0.165. The Morgan fingerprint density at radius 1 is 0.370 bits per heavy atom. The Balaban J connectivity index is 1.27. The predicted octanol–water partition coefficient (Wildman–Crippen LogP) is 17.2. The second-order valence-corrected chi connectivity index (χ2v) is 25.8. The molecular formula is C68H70BN3O. The van der Waals surface area contributed by atoms with Crippen LogP contribution in [0.2, 0.25) is 0 Å². The smallest absolute Gasteiger partial charge is 0.252 e. The third-order valence-electron chi connectivity index (χ3n) is 16.4.